The summed E-state index contributed by atoms with van der Waals surface area (Å²) in [6.45, 7) is 1.92. The number of imide groups is 1. The number of carbonyl (C=O) groups excluding carboxylic acids is 2. The van der Waals surface area contributed by atoms with Crippen LogP contribution in [-0.4, -0.2) is 54.7 Å². The van der Waals surface area contributed by atoms with Crippen molar-refractivity contribution < 1.29 is 24.2 Å². The lowest BCUT2D eigenvalue weighted by Gasteiger charge is -2.31. The number of amides is 3. The molecule has 2 N–H and O–H groups in total. The van der Waals surface area contributed by atoms with E-state index in [0.717, 1.165) is 12.8 Å². The van der Waals surface area contributed by atoms with Gasteiger partial charge in [0, 0.05) is 39.6 Å². The van der Waals surface area contributed by atoms with Gasteiger partial charge in [0.2, 0.25) is 5.91 Å². The van der Waals surface area contributed by atoms with Gasteiger partial charge in [-0.2, -0.15) is 0 Å². The van der Waals surface area contributed by atoms with Crippen LogP contribution in [0, 0.1) is 5.92 Å². The van der Waals surface area contributed by atoms with Gasteiger partial charge in [-0.05, 0) is 25.2 Å². The van der Waals surface area contributed by atoms with Crippen LogP contribution in [0.3, 0.4) is 0 Å². The predicted octanol–water partition coefficient (Wildman–Crippen LogP) is 0.836. The van der Waals surface area contributed by atoms with E-state index in [1.807, 2.05) is 0 Å². The fraction of sp³-hybridized carbons (Fsp3) is 0.769. The number of piperidine rings is 1. The molecule has 0 aromatic heterocycles. The Kier molecular flexibility index (Phi) is 7.00. The topological polar surface area (TPSA) is 95.9 Å². The number of nitrogens with zero attached hydrogens (tertiary/aromatic N) is 1. The van der Waals surface area contributed by atoms with Crippen molar-refractivity contribution in [1.82, 2.24) is 10.2 Å². The number of carboxylic acids is 1. The molecule has 3 amide bonds. The maximum atomic E-state index is 11.8. The van der Waals surface area contributed by atoms with Crippen LogP contribution in [0.2, 0.25) is 0 Å². The van der Waals surface area contributed by atoms with E-state index in [-0.39, 0.29) is 25.3 Å². The predicted molar refractivity (Wildman–Crippen MR) is 71.2 cm³/mol. The van der Waals surface area contributed by atoms with Crippen LogP contribution in [0.25, 0.3) is 0 Å². The average molecular weight is 286 g/mol. The standard InChI is InChI=1S/C13H22N2O5/c1-20-9-10-5-7-15(8-6-10)13(19)14-11(16)3-2-4-12(17)18/h10H,2-9H2,1H3,(H,17,18)(H,14,16,19). The van der Waals surface area contributed by atoms with Crippen LogP contribution in [0.5, 0.6) is 0 Å². The molecule has 114 valence electrons. The summed E-state index contributed by atoms with van der Waals surface area (Å²) in [5.74, 6) is -0.894. The third kappa shape index (κ3) is 6.01. The van der Waals surface area contributed by atoms with E-state index in [4.69, 9.17) is 9.84 Å². The molecule has 0 atom stereocenters. The van der Waals surface area contributed by atoms with Crippen LogP contribution in [0.4, 0.5) is 4.79 Å². The minimum Gasteiger partial charge on any atom is -0.481 e. The third-order valence-electron chi connectivity index (χ3n) is 3.34. The SMILES string of the molecule is COCC1CCN(C(=O)NC(=O)CCCC(=O)O)CC1. The van der Waals surface area contributed by atoms with Crippen LogP contribution >= 0.6 is 0 Å². The van der Waals surface area contributed by atoms with E-state index in [1.54, 1.807) is 12.0 Å². The van der Waals surface area contributed by atoms with Crippen LogP contribution in [-0.2, 0) is 14.3 Å². The second-order valence-corrected chi connectivity index (χ2v) is 4.99. The van der Waals surface area contributed by atoms with Crippen molar-refractivity contribution in [3.8, 4) is 0 Å². The smallest absolute Gasteiger partial charge is 0.324 e. The summed E-state index contributed by atoms with van der Waals surface area (Å²) in [5.41, 5.74) is 0. The minimum atomic E-state index is -0.940. The summed E-state index contributed by atoms with van der Waals surface area (Å²) in [5, 5.41) is 10.8. The van der Waals surface area contributed by atoms with Gasteiger partial charge in [-0.3, -0.25) is 14.9 Å². The largest absolute Gasteiger partial charge is 0.481 e. The highest BCUT2D eigenvalue weighted by molar-refractivity contribution is 5.94. The Morgan fingerprint density at radius 1 is 1.25 bits per heavy atom. The van der Waals surface area contributed by atoms with E-state index < -0.39 is 11.9 Å². The van der Waals surface area contributed by atoms with Gasteiger partial charge in [0.15, 0.2) is 0 Å². The highest BCUT2D eigenvalue weighted by atomic mass is 16.5. The van der Waals surface area contributed by atoms with Crippen LogP contribution < -0.4 is 5.32 Å². The molecule has 0 unspecified atom stereocenters. The van der Waals surface area contributed by atoms with Gasteiger partial charge in [0.1, 0.15) is 0 Å². The van der Waals surface area contributed by atoms with Crippen molar-refractivity contribution in [2.24, 2.45) is 5.92 Å². The molecule has 0 aromatic carbocycles. The quantitative estimate of drug-likeness (QED) is 0.754. The van der Waals surface area contributed by atoms with Gasteiger partial charge >= 0.3 is 12.0 Å². The molecule has 1 rings (SSSR count). The number of likely N-dealkylation sites (tertiary alicyclic amines) is 1. The minimum absolute atomic E-state index is 0.0537. The molecule has 7 nitrogen and oxygen atoms in total. The van der Waals surface area contributed by atoms with E-state index in [1.165, 1.54) is 0 Å². The average Bonchev–Trinajstić information content (AvgIpc) is 2.39. The van der Waals surface area contributed by atoms with Crippen molar-refractivity contribution in [3.05, 3.63) is 0 Å². The van der Waals surface area contributed by atoms with Gasteiger partial charge < -0.3 is 14.7 Å². The third-order valence-corrected chi connectivity index (χ3v) is 3.34. The highest BCUT2D eigenvalue weighted by Crippen LogP contribution is 2.17. The molecule has 1 saturated heterocycles. The number of urea groups is 1. The van der Waals surface area contributed by atoms with Crippen molar-refractivity contribution in [3.63, 3.8) is 0 Å². The molecule has 0 aliphatic carbocycles. The number of methoxy groups -OCH3 is 1. The Labute approximate surface area is 118 Å². The van der Waals surface area contributed by atoms with Crippen molar-refractivity contribution in [1.29, 1.82) is 0 Å². The fourth-order valence-corrected chi connectivity index (χ4v) is 2.20. The zero-order valence-electron chi connectivity index (χ0n) is 11.8. The van der Waals surface area contributed by atoms with E-state index in [0.29, 0.717) is 25.6 Å². The summed E-state index contributed by atoms with van der Waals surface area (Å²) in [7, 11) is 1.66. The number of nitrogens with one attached hydrogen (secondary N) is 1. The summed E-state index contributed by atoms with van der Waals surface area (Å²) in [6.07, 6.45) is 1.97. The Morgan fingerprint density at radius 3 is 2.45 bits per heavy atom. The fourth-order valence-electron chi connectivity index (χ4n) is 2.20. The summed E-state index contributed by atoms with van der Waals surface area (Å²) < 4.78 is 5.08. The number of hydrogen-bond donors (Lipinski definition) is 2. The van der Waals surface area contributed by atoms with E-state index >= 15 is 0 Å². The number of aliphatic carboxylic acids is 1. The Balaban J connectivity index is 2.22. The normalized spacial score (nSPS) is 15.9. The Morgan fingerprint density at radius 2 is 1.90 bits per heavy atom. The molecule has 0 saturated carbocycles. The van der Waals surface area contributed by atoms with Gasteiger partial charge in [0.25, 0.3) is 0 Å². The van der Waals surface area contributed by atoms with Gasteiger partial charge in [0.05, 0.1) is 0 Å². The molecule has 0 radical (unpaired) electrons. The van der Waals surface area contributed by atoms with Gasteiger partial charge in [-0.15, -0.1) is 0 Å². The second-order valence-electron chi connectivity index (χ2n) is 4.99. The first-order valence-corrected chi connectivity index (χ1v) is 6.82. The maximum Gasteiger partial charge on any atom is 0.324 e. The van der Waals surface area contributed by atoms with Crippen molar-refractivity contribution in [2.75, 3.05) is 26.8 Å². The second kappa shape index (κ2) is 8.52. The number of carbonyl (C=O) groups is 3. The van der Waals surface area contributed by atoms with Gasteiger partial charge in [-0.25, -0.2) is 4.79 Å². The zero-order valence-corrected chi connectivity index (χ0v) is 11.8. The Hall–Kier alpha value is -1.63. The lowest BCUT2D eigenvalue weighted by atomic mass is 9.98. The molecule has 0 spiro atoms. The lowest BCUT2D eigenvalue weighted by molar-refractivity contribution is -0.137. The monoisotopic (exact) mass is 286 g/mol. The van der Waals surface area contributed by atoms with E-state index in [2.05, 4.69) is 5.32 Å². The molecule has 20 heavy (non-hydrogen) atoms. The molecule has 1 fully saturated rings. The number of rotatable bonds is 6. The summed E-state index contributed by atoms with van der Waals surface area (Å²) >= 11 is 0. The zero-order chi connectivity index (χ0) is 15.0. The van der Waals surface area contributed by atoms with Crippen molar-refractivity contribution in [2.45, 2.75) is 32.1 Å². The van der Waals surface area contributed by atoms with Crippen LogP contribution in [0.15, 0.2) is 0 Å². The molecule has 0 bridgehead atoms. The summed E-state index contributed by atoms with van der Waals surface area (Å²) in [4.78, 5) is 35.2. The number of carboxylic acid groups (broad SMARTS) is 1. The number of hydrogen-bond acceptors (Lipinski definition) is 4. The molecule has 1 aliphatic heterocycles. The van der Waals surface area contributed by atoms with E-state index in [9.17, 15) is 14.4 Å². The van der Waals surface area contributed by atoms with Gasteiger partial charge in [-0.1, -0.05) is 0 Å². The first kappa shape index (κ1) is 16.4. The first-order chi connectivity index (χ1) is 9.52. The molecule has 0 aromatic rings. The lowest BCUT2D eigenvalue weighted by Crippen LogP contribution is -2.46. The Bertz CT molecular complexity index is 351. The van der Waals surface area contributed by atoms with Crippen molar-refractivity contribution >= 4 is 17.9 Å². The molecule has 1 aliphatic rings. The maximum absolute atomic E-state index is 11.8. The molecule has 7 heteroatoms. The molecular formula is C13H22N2O5. The molecular weight excluding hydrogens is 264 g/mol. The van der Waals surface area contributed by atoms with Crippen LogP contribution in [0.1, 0.15) is 32.1 Å². The number of ether oxygens (including phenoxy) is 1. The first-order valence-electron chi connectivity index (χ1n) is 6.82. The highest BCUT2D eigenvalue weighted by Gasteiger charge is 2.23. The molecule has 1 heterocycles. The summed E-state index contributed by atoms with van der Waals surface area (Å²) in [6, 6.07) is -0.388.